The molecule has 0 radical (unpaired) electrons. The molecule has 0 aromatic heterocycles. The fourth-order valence-electron chi connectivity index (χ4n) is 1.63. The van der Waals surface area contributed by atoms with Gasteiger partial charge in [0.15, 0.2) is 0 Å². The van der Waals surface area contributed by atoms with Crippen molar-refractivity contribution >= 4 is 17.6 Å². The van der Waals surface area contributed by atoms with Crippen LogP contribution < -0.4 is 5.32 Å². The molecular weight excluding hydrogens is 240 g/mol. The second-order valence-corrected chi connectivity index (χ2v) is 3.79. The van der Waals surface area contributed by atoms with E-state index in [4.69, 9.17) is 5.11 Å². The highest BCUT2D eigenvalue weighted by atomic mass is 16.6. The summed E-state index contributed by atoms with van der Waals surface area (Å²) in [5.41, 5.74) is 0.891. The van der Waals surface area contributed by atoms with E-state index < -0.39 is 23.3 Å². The highest BCUT2D eigenvalue weighted by Crippen LogP contribution is 2.24. The monoisotopic (exact) mass is 252 g/mol. The van der Waals surface area contributed by atoms with Crippen LogP contribution in [0.4, 0.5) is 5.69 Å². The van der Waals surface area contributed by atoms with Gasteiger partial charge in [-0.25, -0.2) is 0 Å². The lowest BCUT2D eigenvalue weighted by Gasteiger charge is -2.06. The summed E-state index contributed by atoms with van der Waals surface area (Å²) in [7, 11) is 0. The molecule has 2 N–H and O–H groups in total. The number of nitro groups is 1. The molecule has 7 nitrogen and oxygen atoms in total. The van der Waals surface area contributed by atoms with Crippen molar-refractivity contribution in [2.24, 2.45) is 0 Å². The van der Waals surface area contributed by atoms with Gasteiger partial charge in [0.25, 0.3) is 11.6 Å². The van der Waals surface area contributed by atoms with Crippen molar-refractivity contribution < 1.29 is 19.6 Å². The van der Waals surface area contributed by atoms with Crippen LogP contribution in [0.15, 0.2) is 12.1 Å². The molecule has 0 unspecified atom stereocenters. The summed E-state index contributed by atoms with van der Waals surface area (Å²) in [5.74, 6) is -1.72. The van der Waals surface area contributed by atoms with Gasteiger partial charge in [-0.05, 0) is 26.0 Å². The minimum atomic E-state index is -1.15. The molecule has 0 spiro atoms. The Kier molecular flexibility index (Phi) is 3.98. The summed E-state index contributed by atoms with van der Waals surface area (Å²) in [6.07, 6.45) is 0. The number of hydrogen-bond donors (Lipinski definition) is 2. The number of hydrogen-bond acceptors (Lipinski definition) is 4. The number of carboxylic acid groups (broad SMARTS) is 1. The van der Waals surface area contributed by atoms with E-state index in [1.54, 1.807) is 0 Å². The van der Waals surface area contributed by atoms with Gasteiger partial charge in [0.1, 0.15) is 6.54 Å². The summed E-state index contributed by atoms with van der Waals surface area (Å²) < 4.78 is 0. The number of nitrogens with one attached hydrogen (secondary N) is 1. The number of aliphatic carboxylic acids is 1. The Morgan fingerprint density at radius 2 is 1.83 bits per heavy atom. The molecule has 0 saturated heterocycles. The number of rotatable bonds is 4. The van der Waals surface area contributed by atoms with E-state index in [2.05, 4.69) is 5.32 Å². The van der Waals surface area contributed by atoms with Crippen molar-refractivity contribution in [3.05, 3.63) is 38.9 Å². The van der Waals surface area contributed by atoms with Gasteiger partial charge in [-0.2, -0.15) is 0 Å². The smallest absolute Gasteiger partial charge is 0.322 e. The van der Waals surface area contributed by atoms with E-state index in [1.165, 1.54) is 26.0 Å². The van der Waals surface area contributed by atoms with Gasteiger partial charge < -0.3 is 10.4 Å². The lowest BCUT2D eigenvalue weighted by Crippen LogP contribution is -2.29. The van der Waals surface area contributed by atoms with E-state index in [0.717, 1.165) is 0 Å². The van der Waals surface area contributed by atoms with E-state index in [9.17, 15) is 19.7 Å². The summed E-state index contributed by atoms with van der Waals surface area (Å²) in [4.78, 5) is 32.2. The van der Waals surface area contributed by atoms with Gasteiger partial charge in [-0.15, -0.1) is 0 Å². The van der Waals surface area contributed by atoms with Crippen LogP contribution in [0.1, 0.15) is 21.5 Å². The van der Waals surface area contributed by atoms with Crippen LogP contribution in [0.5, 0.6) is 0 Å². The molecule has 0 aliphatic rings. The third-order valence-electron chi connectivity index (χ3n) is 2.34. The Morgan fingerprint density at radius 3 is 2.22 bits per heavy atom. The molecular formula is C11H12N2O5. The first kappa shape index (κ1) is 13.6. The first-order chi connectivity index (χ1) is 8.32. The van der Waals surface area contributed by atoms with E-state index in [1.807, 2.05) is 0 Å². The third-order valence-corrected chi connectivity index (χ3v) is 2.34. The zero-order chi connectivity index (χ0) is 13.9. The van der Waals surface area contributed by atoms with Gasteiger partial charge in [-0.1, -0.05) is 0 Å². The van der Waals surface area contributed by atoms with Gasteiger partial charge in [-0.3, -0.25) is 19.7 Å². The maximum atomic E-state index is 11.6. The Labute approximate surface area is 103 Å². The Morgan fingerprint density at radius 1 is 1.33 bits per heavy atom. The van der Waals surface area contributed by atoms with Crippen molar-refractivity contribution in [1.82, 2.24) is 5.32 Å². The number of nitro benzene ring substituents is 1. The maximum absolute atomic E-state index is 11.6. The summed E-state index contributed by atoms with van der Waals surface area (Å²) in [6.45, 7) is 2.56. The lowest BCUT2D eigenvalue weighted by atomic mass is 10.0. The van der Waals surface area contributed by atoms with Crippen molar-refractivity contribution in [2.75, 3.05) is 6.54 Å². The van der Waals surface area contributed by atoms with Crippen LogP contribution in [0, 0.1) is 24.0 Å². The summed E-state index contributed by atoms with van der Waals surface area (Å²) in [6, 6.07) is 2.73. The predicted octanol–water partition coefficient (Wildman–Crippen LogP) is 1.03. The normalized spacial score (nSPS) is 9.89. The third kappa shape index (κ3) is 3.03. The van der Waals surface area contributed by atoms with Gasteiger partial charge >= 0.3 is 5.97 Å². The van der Waals surface area contributed by atoms with Crippen molar-refractivity contribution in [3.63, 3.8) is 0 Å². The maximum Gasteiger partial charge on any atom is 0.322 e. The first-order valence-corrected chi connectivity index (χ1v) is 5.08. The number of amides is 1. The molecule has 0 saturated carbocycles. The zero-order valence-electron chi connectivity index (χ0n) is 9.89. The number of aryl methyl sites for hydroxylation is 2. The molecule has 1 rings (SSSR count). The molecule has 1 aromatic carbocycles. The van der Waals surface area contributed by atoms with E-state index >= 15 is 0 Å². The molecule has 0 aliphatic carbocycles. The van der Waals surface area contributed by atoms with Crippen LogP contribution in [0.2, 0.25) is 0 Å². The number of benzene rings is 1. The van der Waals surface area contributed by atoms with Crippen molar-refractivity contribution in [1.29, 1.82) is 0 Å². The number of carbonyl (C=O) groups excluding carboxylic acids is 1. The largest absolute Gasteiger partial charge is 0.480 e. The van der Waals surface area contributed by atoms with Gasteiger partial charge in [0.2, 0.25) is 0 Å². The Balaban J connectivity index is 3.03. The predicted molar refractivity (Wildman–Crippen MR) is 62.5 cm³/mol. The number of nitrogens with zero attached hydrogens (tertiary/aromatic N) is 1. The van der Waals surface area contributed by atoms with Crippen LogP contribution in [0.25, 0.3) is 0 Å². The minimum absolute atomic E-state index is 0.0372. The molecule has 7 heteroatoms. The van der Waals surface area contributed by atoms with Gasteiger partial charge in [0.05, 0.1) is 4.92 Å². The first-order valence-electron chi connectivity index (χ1n) is 5.08. The standard InChI is InChI=1S/C11H12N2O5/c1-6-3-8(11(16)12-5-9(14)15)4-7(2)10(6)13(17)18/h3-4H,5H2,1-2H3,(H,12,16)(H,14,15). The van der Waals surface area contributed by atoms with Gasteiger partial charge in [0, 0.05) is 16.7 Å². The fourth-order valence-corrected chi connectivity index (χ4v) is 1.63. The minimum Gasteiger partial charge on any atom is -0.480 e. The molecule has 0 fully saturated rings. The number of carbonyl (C=O) groups is 2. The highest BCUT2D eigenvalue weighted by molar-refractivity contribution is 5.96. The Hall–Kier alpha value is -2.44. The van der Waals surface area contributed by atoms with Crippen LogP contribution in [-0.2, 0) is 4.79 Å². The average molecular weight is 252 g/mol. The zero-order valence-corrected chi connectivity index (χ0v) is 9.89. The molecule has 0 heterocycles. The average Bonchev–Trinajstić information content (AvgIpc) is 2.24. The lowest BCUT2D eigenvalue weighted by molar-refractivity contribution is -0.386. The molecule has 1 aromatic rings. The molecule has 0 aliphatic heterocycles. The quantitative estimate of drug-likeness (QED) is 0.614. The SMILES string of the molecule is Cc1cc(C(=O)NCC(=O)O)cc(C)c1[N+](=O)[O-]. The van der Waals surface area contributed by atoms with Crippen molar-refractivity contribution in [2.45, 2.75) is 13.8 Å². The van der Waals surface area contributed by atoms with Crippen LogP contribution in [0.3, 0.4) is 0 Å². The second-order valence-electron chi connectivity index (χ2n) is 3.79. The van der Waals surface area contributed by atoms with Crippen LogP contribution >= 0.6 is 0 Å². The summed E-state index contributed by atoms with van der Waals surface area (Å²) in [5, 5.41) is 21.4. The van der Waals surface area contributed by atoms with E-state index in [-0.39, 0.29) is 11.3 Å². The topological polar surface area (TPSA) is 110 Å². The molecule has 0 atom stereocenters. The molecule has 1 amide bonds. The number of carboxylic acids is 1. The molecule has 0 bridgehead atoms. The molecule has 96 valence electrons. The molecule has 18 heavy (non-hydrogen) atoms. The van der Waals surface area contributed by atoms with Crippen molar-refractivity contribution in [3.8, 4) is 0 Å². The highest BCUT2D eigenvalue weighted by Gasteiger charge is 2.18. The Bertz CT molecular complexity index is 501. The summed E-state index contributed by atoms with van der Waals surface area (Å²) >= 11 is 0. The second kappa shape index (κ2) is 5.26. The van der Waals surface area contributed by atoms with E-state index in [0.29, 0.717) is 11.1 Å². The fraction of sp³-hybridized carbons (Fsp3) is 0.273. The van der Waals surface area contributed by atoms with Crippen LogP contribution in [-0.4, -0.2) is 28.5 Å².